The van der Waals surface area contributed by atoms with Crippen molar-refractivity contribution in [3.63, 3.8) is 0 Å². The summed E-state index contributed by atoms with van der Waals surface area (Å²) in [5.41, 5.74) is 5.17. The van der Waals surface area contributed by atoms with E-state index in [-0.39, 0.29) is 107 Å². The van der Waals surface area contributed by atoms with Gasteiger partial charge in [-0.1, -0.05) is 24.3 Å². The van der Waals surface area contributed by atoms with E-state index in [4.69, 9.17) is 18.9 Å². The van der Waals surface area contributed by atoms with Crippen LogP contribution in [0.4, 0.5) is 17.2 Å². The normalized spacial score (nSPS) is 15.3. The van der Waals surface area contributed by atoms with Crippen molar-refractivity contribution >= 4 is 76.6 Å². The molecule has 8 amide bonds. The van der Waals surface area contributed by atoms with Crippen LogP contribution >= 0.6 is 0 Å². The molecule has 2 aromatic carbocycles. The number of aryl methyl sites for hydroxylation is 3. The monoisotopic (exact) mass is 1090 g/mol. The Morgan fingerprint density at radius 2 is 1.52 bits per heavy atom. The second-order valence-electron chi connectivity index (χ2n) is 19.2. The van der Waals surface area contributed by atoms with Crippen LogP contribution in [-0.2, 0) is 57.1 Å². The Labute approximate surface area is 455 Å². The molecule has 0 unspecified atom stereocenters. The van der Waals surface area contributed by atoms with Gasteiger partial charge in [0, 0.05) is 101 Å². The van der Waals surface area contributed by atoms with Crippen LogP contribution in [0.15, 0.2) is 84.2 Å². The lowest BCUT2D eigenvalue weighted by Gasteiger charge is -2.20. The van der Waals surface area contributed by atoms with Gasteiger partial charge in [0.05, 0.1) is 56.9 Å². The van der Waals surface area contributed by atoms with Gasteiger partial charge in [-0.3, -0.25) is 48.2 Å². The summed E-state index contributed by atoms with van der Waals surface area (Å²) >= 11 is 0. The lowest BCUT2D eigenvalue weighted by Crippen LogP contribution is -2.42. The highest BCUT2D eigenvalue weighted by atomic mass is 16.5. The van der Waals surface area contributed by atoms with Gasteiger partial charge >= 0.3 is 5.97 Å². The molecule has 1 fully saturated rings. The lowest BCUT2D eigenvalue weighted by atomic mass is 10.1. The molecule has 24 nitrogen and oxygen atoms in total. The summed E-state index contributed by atoms with van der Waals surface area (Å²) in [5, 5.41) is 13.5. The predicted molar refractivity (Wildman–Crippen MR) is 289 cm³/mol. The van der Waals surface area contributed by atoms with E-state index < -0.39 is 47.7 Å². The van der Waals surface area contributed by atoms with E-state index in [1.807, 2.05) is 6.92 Å². The minimum absolute atomic E-state index is 0.000574. The highest BCUT2D eigenvalue weighted by Gasteiger charge is 2.34. The zero-order valence-corrected chi connectivity index (χ0v) is 44.8. The molecule has 2 aromatic heterocycles. The smallest absolute Gasteiger partial charge is 0.328 e. The van der Waals surface area contributed by atoms with Gasteiger partial charge in [-0.25, -0.2) is 9.78 Å². The first-order chi connectivity index (χ1) is 37.8. The van der Waals surface area contributed by atoms with Crippen molar-refractivity contribution in [1.82, 2.24) is 39.9 Å². The Bertz CT molecular complexity index is 3030. The Kier molecular flexibility index (Phi) is 19.8. The maximum atomic E-state index is 13.3. The molecule has 1 saturated heterocycles. The first-order valence-electron chi connectivity index (χ1n) is 25.8. The number of hydrogen-bond donors (Lipinski definition) is 5. The summed E-state index contributed by atoms with van der Waals surface area (Å²) in [6.07, 6.45) is 7.88. The van der Waals surface area contributed by atoms with Crippen LogP contribution in [0, 0.1) is 6.92 Å². The summed E-state index contributed by atoms with van der Waals surface area (Å²) in [5.74, 6) is -2.77. The van der Waals surface area contributed by atoms with Gasteiger partial charge in [0.25, 0.3) is 29.5 Å². The second kappa shape index (κ2) is 27.0. The minimum atomic E-state index is -0.964. The maximum Gasteiger partial charge on any atom is 0.328 e. The second-order valence-corrected chi connectivity index (χ2v) is 19.2. The van der Waals surface area contributed by atoms with E-state index in [0.717, 1.165) is 39.3 Å². The Morgan fingerprint density at radius 1 is 0.785 bits per heavy atom. The quantitative estimate of drug-likeness (QED) is 0.0248. The number of carbonyl (C=O) groups excluding carboxylic acids is 9. The number of hydrogen-bond acceptors (Lipinski definition) is 15. The zero-order valence-electron chi connectivity index (χ0n) is 44.8. The molecule has 0 bridgehead atoms. The van der Waals surface area contributed by atoms with Crippen LogP contribution in [0.1, 0.15) is 83.0 Å². The molecule has 0 radical (unpaired) electrons. The third kappa shape index (κ3) is 15.9. The van der Waals surface area contributed by atoms with Crippen molar-refractivity contribution < 1.29 is 62.1 Å². The number of anilines is 2. The van der Waals surface area contributed by atoms with E-state index >= 15 is 0 Å². The van der Waals surface area contributed by atoms with Crippen molar-refractivity contribution in [2.24, 2.45) is 19.1 Å². The average Bonchev–Trinajstić information content (AvgIpc) is 4.21. The fourth-order valence-corrected chi connectivity index (χ4v) is 8.60. The number of fused-ring (bicyclic) bond motifs is 2. The number of carbonyl (C=O) groups is 9. The van der Waals surface area contributed by atoms with Crippen molar-refractivity contribution in [1.29, 1.82) is 0 Å². The minimum Gasteiger partial charge on any atom is -0.493 e. The van der Waals surface area contributed by atoms with Gasteiger partial charge in [0.2, 0.25) is 23.5 Å². The molecule has 7 rings (SSSR count). The van der Waals surface area contributed by atoms with Crippen molar-refractivity contribution in [2.75, 3.05) is 69.8 Å². The number of nitrogens with one attached hydrogen (secondary N) is 5. The highest BCUT2D eigenvalue weighted by Crippen LogP contribution is 2.35. The number of ether oxygens (including phenoxy) is 4. The molecular weight excluding hydrogens is 1020 g/mol. The van der Waals surface area contributed by atoms with E-state index in [9.17, 15) is 43.2 Å². The number of amides is 8. The molecule has 79 heavy (non-hydrogen) atoms. The molecular formula is C55H65N11O13. The Balaban J connectivity index is 0.751. The zero-order chi connectivity index (χ0) is 56.8. The van der Waals surface area contributed by atoms with E-state index in [1.54, 1.807) is 91.6 Å². The predicted octanol–water partition coefficient (Wildman–Crippen LogP) is 3.29. The molecule has 5 heterocycles. The van der Waals surface area contributed by atoms with Crippen LogP contribution in [0.2, 0.25) is 0 Å². The first-order valence-corrected chi connectivity index (χ1v) is 25.8. The third-order valence-corrected chi connectivity index (χ3v) is 12.8. The topological polar surface area (TPSA) is 292 Å². The number of imidazole rings is 1. The summed E-state index contributed by atoms with van der Waals surface area (Å²) < 4.78 is 25.4. The van der Waals surface area contributed by atoms with E-state index in [1.165, 1.54) is 11.5 Å². The molecule has 0 saturated carbocycles. The van der Waals surface area contributed by atoms with Gasteiger partial charge in [-0.2, -0.15) is 0 Å². The highest BCUT2D eigenvalue weighted by molar-refractivity contribution is 6.13. The molecule has 0 spiro atoms. The van der Waals surface area contributed by atoms with Crippen LogP contribution in [-0.4, -0.2) is 161 Å². The van der Waals surface area contributed by atoms with Gasteiger partial charge in [-0.05, 0) is 69.0 Å². The third-order valence-electron chi connectivity index (χ3n) is 12.8. The lowest BCUT2D eigenvalue weighted by molar-refractivity contribution is -0.151. The average molecular weight is 1090 g/mol. The molecule has 4 aromatic rings. The maximum absolute atomic E-state index is 13.3. The molecule has 0 aliphatic carbocycles. The summed E-state index contributed by atoms with van der Waals surface area (Å²) in [7, 11) is 3.36. The van der Waals surface area contributed by atoms with Gasteiger partial charge in [0.1, 0.15) is 23.6 Å². The summed E-state index contributed by atoms with van der Waals surface area (Å²) in [6, 6.07) is 11.2. The van der Waals surface area contributed by atoms with Crippen molar-refractivity contribution in [2.45, 2.75) is 71.1 Å². The SMILES string of the molecule is C=C1C[C@H]2C=Nc3cc(OCCCC(=O)Nc4cn(C)c(C(=O)Nc5ccc(-c6cc(C(=O)NC[C@H](C)OC(=O)[C@H](C)NC(=O)CCOCCOCCNC(=O)CCN7C(=O)C=CC7=O)n(C)c6)cc5)n4)c(C)cc3C(=O)N2C1. The van der Waals surface area contributed by atoms with Crippen molar-refractivity contribution in [3.8, 4) is 16.9 Å². The van der Waals surface area contributed by atoms with E-state index in [0.29, 0.717) is 47.8 Å². The fraction of sp³-hybridized carbons (Fsp3) is 0.400. The fourth-order valence-electron chi connectivity index (χ4n) is 8.60. The molecule has 24 heteroatoms. The van der Waals surface area contributed by atoms with Gasteiger partial charge in [0.15, 0.2) is 5.82 Å². The number of rotatable bonds is 27. The van der Waals surface area contributed by atoms with Gasteiger partial charge in [-0.15, -0.1) is 0 Å². The summed E-state index contributed by atoms with van der Waals surface area (Å²) in [6.45, 7) is 10.6. The van der Waals surface area contributed by atoms with Crippen LogP contribution in [0.5, 0.6) is 5.75 Å². The molecule has 418 valence electrons. The van der Waals surface area contributed by atoms with Crippen molar-refractivity contribution in [3.05, 3.63) is 102 Å². The van der Waals surface area contributed by atoms with Crippen LogP contribution in [0.3, 0.4) is 0 Å². The standard InChI is InChI=1S/C55H65N11O13/c1-33-24-40-29-57-42-27-44(34(2)25-41(42)54(74)66(40)30-33)78-19-7-8-47(68)61-45-32-64(6)51(62-45)53(73)60-39-11-9-37(10-12-39)38-26-43(63(5)31-38)52(72)58-28-35(3)79-55(75)36(4)59-48(69)16-20-76-22-23-77-21-17-56-46(67)15-18-65-49(70)13-14-50(65)71/h9-14,25-27,29,31-32,35-36,40H,1,7-8,15-24,28,30H2,2-6H3,(H,56,67)(H,58,72)(H,59,69)(H,60,73)(H,61,68)/t35-,36-,40-/m0/s1. The summed E-state index contributed by atoms with van der Waals surface area (Å²) in [4.78, 5) is 124. The largest absolute Gasteiger partial charge is 0.493 e. The molecule has 5 N–H and O–H groups in total. The van der Waals surface area contributed by atoms with Crippen LogP contribution < -0.4 is 31.3 Å². The number of aromatic nitrogens is 3. The number of imide groups is 1. The molecule has 3 atom stereocenters. The van der Waals surface area contributed by atoms with Gasteiger partial charge < -0.3 is 59.6 Å². The first kappa shape index (κ1) is 57.9. The number of aliphatic imine (C=N–C) groups is 1. The molecule has 3 aliphatic heterocycles. The number of benzene rings is 2. The number of esters is 1. The Hall–Kier alpha value is -8.77. The van der Waals surface area contributed by atoms with Crippen LogP contribution in [0.25, 0.3) is 11.1 Å². The molecule has 3 aliphatic rings. The number of nitrogens with zero attached hydrogens (tertiary/aromatic N) is 6. The van der Waals surface area contributed by atoms with E-state index in [2.05, 4.69) is 43.1 Å². The Morgan fingerprint density at radius 3 is 2.27 bits per heavy atom.